The lowest BCUT2D eigenvalue weighted by atomic mass is 9.97. The van der Waals surface area contributed by atoms with Gasteiger partial charge >= 0.3 is 0 Å². The Bertz CT molecular complexity index is 711. The molecule has 3 rings (SSSR count). The van der Waals surface area contributed by atoms with Gasteiger partial charge in [-0.2, -0.15) is 0 Å². The zero-order chi connectivity index (χ0) is 22.4. The first kappa shape index (κ1) is 24.4. The maximum atomic E-state index is 11.1. The van der Waals surface area contributed by atoms with E-state index < -0.39 is 0 Å². The number of ether oxygens (including phenoxy) is 1. The van der Waals surface area contributed by atoms with Gasteiger partial charge in [-0.15, -0.1) is 0 Å². The number of piperidine rings is 1. The van der Waals surface area contributed by atoms with E-state index in [1.54, 1.807) is 0 Å². The summed E-state index contributed by atoms with van der Waals surface area (Å²) in [5.41, 5.74) is 1.24. The predicted octanol–water partition coefficient (Wildman–Crippen LogP) is 4.81. The number of hydrogen-bond acceptors (Lipinski definition) is 6. The van der Waals surface area contributed by atoms with Gasteiger partial charge in [-0.25, -0.2) is 0 Å². The van der Waals surface area contributed by atoms with Gasteiger partial charge in [0.1, 0.15) is 5.75 Å². The molecule has 7 heteroatoms. The summed E-state index contributed by atoms with van der Waals surface area (Å²) in [5.74, 6) is 1.47. The third kappa shape index (κ3) is 9.07. The van der Waals surface area contributed by atoms with Crippen molar-refractivity contribution in [3.63, 3.8) is 0 Å². The summed E-state index contributed by atoms with van der Waals surface area (Å²) in [7, 11) is 0. The van der Waals surface area contributed by atoms with E-state index in [0.29, 0.717) is 25.0 Å². The van der Waals surface area contributed by atoms with E-state index in [-0.39, 0.29) is 4.92 Å². The smallest absolute Gasteiger partial charge is 0.274 e. The molecule has 0 spiro atoms. The fourth-order valence-corrected chi connectivity index (χ4v) is 4.67. The Morgan fingerprint density at radius 3 is 2.50 bits per heavy atom. The summed E-state index contributed by atoms with van der Waals surface area (Å²) in [5, 5.41) is 17.7. The van der Waals surface area contributed by atoms with E-state index in [9.17, 15) is 10.1 Å². The fraction of sp³-hybridized carbons (Fsp3) is 0.680. The minimum absolute atomic E-state index is 0.312. The molecule has 1 saturated carbocycles. The highest BCUT2D eigenvalue weighted by atomic mass is 16.6. The van der Waals surface area contributed by atoms with E-state index in [0.717, 1.165) is 50.8 Å². The minimum atomic E-state index is -0.383. The maximum Gasteiger partial charge on any atom is 0.274 e. The molecule has 2 aliphatic rings. The van der Waals surface area contributed by atoms with Gasteiger partial charge in [0.2, 0.25) is 0 Å². The molecule has 2 N–H and O–H groups in total. The SMILES string of the molecule is O=[N+]([O-])C=C(NCCCOc1ccccc1CN1CCCCC1)NC1CCCCCCC1. The summed E-state index contributed by atoms with van der Waals surface area (Å²) >= 11 is 0. The molecule has 2 fully saturated rings. The number of nitrogens with zero attached hydrogens (tertiary/aromatic N) is 2. The van der Waals surface area contributed by atoms with Crippen molar-refractivity contribution < 1.29 is 9.66 Å². The molecule has 32 heavy (non-hydrogen) atoms. The summed E-state index contributed by atoms with van der Waals surface area (Å²) in [4.78, 5) is 13.2. The normalized spacial score (nSPS) is 19.1. The molecule has 1 saturated heterocycles. The second-order valence-electron chi connectivity index (χ2n) is 9.09. The van der Waals surface area contributed by atoms with Crippen LogP contribution in [0.2, 0.25) is 0 Å². The zero-order valence-electron chi connectivity index (χ0n) is 19.4. The quantitative estimate of drug-likeness (QED) is 0.290. The molecule has 1 aromatic rings. The first-order valence-electron chi connectivity index (χ1n) is 12.5. The van der Waals surface area contributed by atoms with Crippen molar-refractivity contribution in [3.8, 4) is 5.75 Å². The molecule has 0 bridgehead atoms. The van der Waals surface area contributed by atoms with Crippen molar-refractivity contribution in [2.75, 3.05) is 26.2 Å². The van der Waals surface area contributed by atoms with Crippen molar-refractivity contribution in [3.05, 3.63) is 52.0 Å². The average Bonchev–Trinajstić information content (AvgIpc) is 2.76. The standard InChI is InChI=1S/C25H40N4O3/c30-29(31)21-25(27-23-13-5-2-1-3-6-14-23)26-16-11-19-32-24-15-8-7-12-22(24)20-28-17-9-4-10-18-28/h7-8,12,15,21,23,26-27H,1-6,9-11,13-14,16-20H2. The van der Waals surface area contributed by atoms with E-state index in [2.05, 4.69) is 27.7 Å². The van der Waals surface area contributed by atoms with E-state index in [1.807, 2.05) is 12.1 Å². The van der Waals surface area contributed by atoms with E-state index in [4.69, 9.17) is 4.74 Å². The Morgan fingerprint density at radius 2 is 1.75 bits per heavy atom. The van der Waals surface area contributed by atoms with E-state index in [1.165, 1.54) is 56.9 Å². The van der Waals surface area contributed by atoms with Gasteiger partial charge in [-0.3, -0.25) is 15.0 Å². The maximum absolute atomic E-state index is 11.1. The van der Waals surface area contributed by atoms with Crippen LogP contribution in [0.4, 0.5) is 0 Å². The van der Waals surface area contributed by atoms with Crippen molar-refractivity contribution in [2.45, 2.75) is 83.2 Å². The zero-order valence-corrected chi connectivity index (χ0v) is 19.4. The highest BCUT2D eigenvalue weighted by molar-refractivity contribution is 5.33. The average molecular weight is 445 g/mol. The fourth-order valence-electron chi connectivity index (χ4n) is 4.67. The number of rotatable bonds is 11. The van der Waals surface area contributed by atoms with Crippen LogP contribution in [0, 0.1) is 10.1 Å². The Kier molecular flexibility index (Phi) is 10.7. The Balaban J connectivity index is 1.42. The molecular weight excluding hydrogens is 404 g/mol. The second kappa shape index (κ2) is 14.0. The molecule has 178 valence electrons. The predicted molar refractivity (Wildman–Crippen MR) is 128 cm³/mol. The van der Waals surface area contributed by atoms with Crippen LogP contribution in [0.15, 0.2) is 36.3 Å². The second-order valence-corrected chi connectivity index (χ2v) is 9.09. The molecule has 0 amide bonds. The molecule has 0 unspecified atom stereocenters. The van der Waals surface area contributed by atoms with Gasteiger partial charge in [-0.1, -0.05) is 56.7 Å². The van der Waals surface area contributed by atoms with Crippen LogP contribution < -0.4 is 15.4 Å². The third-order valence-corrected chi connectivity index (χ3v) is 6.41. The Hall–Kier alpha value is -2.28. The first-order valence-corrected chi connectivity index (χ1v) is 12.5. The summed E-state index contributed by atoms with van der Waals surface area (Å²) in [6.07, 6.45) is 14.1. The molecule has 1 heterocycles. The third-order valence-electron chi connectivity index (χ3n) is 6.41. The van der Waals surface area contributed by atoms with Crippen LogP contribution in [0.25, 0.3) is 0 Å². The molecule has 1 aliphatic carbocycles. The van der Waals surface area contributed by atoms with Crippen LogP contribution in [0.3, 0.4) is 0 Å². The highest BCUT2D eigenvalue weighted by Gasteiger charge is 2.15. The molecule has 0 atom stereocenters. The van der Waals surface area contributed by atoms with Gasteiger partial charge in [0.25, 0.3) is 6.20 Å². The monoisotopic (exact) mass is 444 g/mol. The lowest BCUT2D eigenvalue weighted by Crippen LogP contribution is -2.36. The molecule has 1 aromatic carbocycles. The van der Waals surface area contributed by atoms with Crippen LogP contribution >= 0.6 is 0 Å². The van der Waals surface area contributed by atoms with Gasteiger partial charge in [0.05, 0.1) is 11.5 Å². The lowest BCUT2D eigenvalue weighted by Gasteiger charge is -2.27. The van der Waals surface area contributed by atoms with Gasteiger partial charge in [0, 0.05) is 24.7 Å². The topological polar surface area (TPSA) is 79.7 Å². The molecule has 1 aliphatic heterocycles. The van der Waals surface area contributed by atoms with Crippen molar-refractivity contribution >= 4 is 0 Å². The number of nitrogens with one attached hydrogen (secondary N) is 2. The summed E-state index contributed by atoms with van der Waals surface area (Å²) in [6.45, 7) is 4.48. The van der Waals surface area contributed by atoms with Crippen molar-refractivity contribution in [2.24, 2.45) is 0 Å². The van der Waals surface area contributed by atoms with Gasteiger partial charge < -0.3 is 15.4 Å². The van der Waals surface area contributed by atoms with Crippen LogP contribution in [-0.2, 0) is 6.54 Å². The minimum Gasteiger partial charge on any atom is -0.493 e. The summed E-state index contributed by atoms with van der Waals surface area (Å²) < 4.78 is 6.08. The van der Waals surface area contributed by atoms with Crippen LogP contribution in [-0.4, -0.2) is 42.1 Å². The number of hydrogen-bond donors (Lipinski definition) is 2. The highest BCUT2D eigenvalue weighted by Crippen LogP contribution is 2.22. The first-order chi connectivity index (χ1) is 15.7. The van der Waals surface area contributed by atoms with Gasteiger partial charge in [-0.05, 0) is 51.3 Å². The van der Waals surface area contributed by atoms with Crippen LogP contribution in [0.1, 0.15) is 76.2 Å². The van der Waals surface area contributed by atoms with Crippen LogP contribution in [0.5, 0.6) is 5.75 Å². The molecule has 0 aromatic heterocycles. The summed E-state index contributed by atoms with van der Waals surface area (Å²) in [6, 6.07) is 8.60. The van der Waals surface area contributed by atoms with Crippen molar-refractivity contribution in [1.82, 2.24) is 15.5 Å². The Labute approximate surface area is 192 Å². The largest absolute Gasteiger partial charge is 0.493 e. The molecule has 7 nitrogen and oxygen atoms in total. The number of para-hydroxylation sites is 1. The number of likely N-dealkylation sites (tertiary alicyclic amines) is 1. The van der Waals surface area contributed by atoms with Gasteiger partial charge in [0.15, 0.2) is 5.82 Å². The van der Waals surface area contributed by atoms with E-state index >= 15 is 0 Å². The number of nitro groups is 1. The molecular formula is C25H40N4O3. The lowest BCUT2D eigenvalue weighted by molar-refractivity contribution is -0.404. The molecule has 0 radical (unpaired) electrons. The Morgan fingerprint density at radius 1 is 1.06 bits per heavy atom. The van der Waals surface area contributed by atoms with Crippen molar-refractivity contribution in [1.29, 1.82) is 0 Å². The number of benzene rings is 1.